The van der Waals surface area contributed by atoms with Gasteiger partial charge in [-0.25, -0.2) is 4.79 Å². The van der Waals surface area contributed by atoms with Gasteiger partial charge in [0.2, 0.25) is 11.8 Å². The van der Waals surface area contributed by atoms with E-state index in [1.165, 1.54) is 4.90 Å². The molecule has 4 rings (SSSR count). The third kappa shape index (κ3) is 3.45. The largest absolute Gasteiger partial charge is 0.391 e. The monoisotopic (exact) mass is 386 g/mol. The van der Waals surface area contributed by atoms with Crippen molar-refractivity contribution in [3.8, 4) is 0 Å². The number of imide groups is 1. The number of carbonyl (C=O) groups is 4. The number of hydrogen-bond donors (Lipinski definition) is 3. The van der Waals surface area contributed by atoms with Crippen LogP contribution in [0.1, 0.15) is 41.6 Å². The number of nitrogens with one attached hydrogen (secondary N) is 2. The van der Waals surface area contributed by atoms with Gasteiger partial charge < -0.3 is 20.2 Å². The van der Waals surface area contributed by atoms with Crippen LogP contribution in [0.25, 0.3) is 0 Å². The zero-order chi connectivity index (χ0) is 19.8. The Hall–Kier alpha value is -2.94. The van der Waals surface area contributed by atoms with E-state index in [0.29, 0.717) is 37.2 Å². The van der Waals surface area contributed by atoms with Gasteiger partial charge in [-0.2, -0.15) is 0 Å². The van der Waals surface area contributed by atoms with Gasteiger partial charge in [-0.05, 0) is 43.0 Å². The average Bonchev–Trinajstić information content (AvgIpc) is 2.97. The highest BCUT2D eigenvalue weighted by Crippen LogP contribution is 2.29. The molecule has 3 N–H and O–H groups in total. The van der Waals surface area contributed by atoms with E-state index in [-0.39, 0.29) is 30.8 Å². The SMILES string of the molecule is O=C1CCC(N2Cc3cc(NC(=O)N4CCCC(O)C4)ccc3C2=O)C(=O)N1. The van der Waals surface area contributed by atoms with Gasteiger partial charge in [0.15, 0.2) is 0 Å². The van der Waals surface area contributed by atoms with E-state index >= 15 is 0 Å². The van der Waals surface area contributed by atoms with Crippen molar-refractivity contribution in [2.45, 2.75) is 44.4 Å². The first-order valence-electron chi connectivity index (χ1n) is 9.44. The van der Waals surface area contributed by atoms with Crippen LogP contribution < -0.4 is 10.6 Å². The number of anilines is 1. The molecule has 9 heteroatoms. The van der Waals surface area contributed by atoms with E-state index < -0.39 is 18.1 Å². The Morgan fingerprint density at radius 2 is 2.04 bits per heavy atom. The van der Waals surface area contributed by atoms with Crippen LogP contribution in [-0.4, -0.2) is 63.9 Å². The summed E-state index contributed by atoms with van der Waals surface area (Å²) in [6.45, 7) is 1.15. The number of rotatable bonds is 2. The number of benzene rings is 1. The summed E-state index contributed by atoms with van der Waals surface area (Å²) in [6.07, 6.45) is 1.47. The first-order valence-corrected chi connectivity index (χ1v) is 9.44. The molecular weight excluding hydrogens is 364 g/mol. The van der Waals surface area contributed by atoms with Crippen molar-refractivity contribution in [3.05, 3.63) is 29.3 Å². The van der Waals surface area contributed by atoms with Gasteiger partial charge in [-0.15, -0.1) is 0 Å². The molecule has 1 aromatic rings. The molecule has 28 heavy (non-hydrogen) atoms. The highest BCUT2D eigenvalue weighted by molar-refractivity contribution is 6.05. The van der Waals surface area contributed by atoms with Crippen LogP contribution in [0.4, 0.5) is 10.5 Å². The minimum atomic E-state index is -0.662. The van der Waals surface area contributed by atoms with E-state index in [0.717, 1.165) is 12.0 Å². The minimum absolute atomic E-state index is 0.208. The summed E-state index contributed by atoms with van der Waals surface area (Å²) >= 11 is 0. The van der Waals surface area contributed by atoms with Crippen LogP contribution in [0.2, 0.25) is 0 Å². The summed E-state index contributed by atoms with van der Waals surface area (Å²) in [4.78, 5) is 51.6. The maximum atomic E-state index is 12.7. The number of fused-ring (bicyclic) bond motifs is 1. The number of aliphatic hydroxyl groups is 1. The zero-order valence-corrected chi connectivity index (χ0v) is 15.3. The van der Waals surface area contributed by atoms with E-state index in [1.807, 2.05) is 0 Å². The molecule has 0 spiro atoms. The smallest absolute Gasteiger partial charge is 0.321 e. The lowest BCUT2D eigenvalue weighted by Gasteiger charge is -2.30. The van der Waals surface area contributed by atoms with Crippen molar-refractivity contribution in [1.82, 2.24) is 15.1 Å². The first kappa shape index (κ1) is 18.4. The number of nitrogens with zero attached hydrogens (tertiary/aromatic N) is 2. The van der Waals surface area contributed by atoms with E-state index in [9.17, 15) is 24.3 Å². The number of piperidine rings is 2. The second kappa shape index (κ2) is 7.23. The van der Waals surface area contributed by atoms with Crippen LogP contribution >= 0.6 is 0 Å². The van der Waals surface area contributed by atoms with Crippen LogP contribution in [-0.2, 0) is 16.1 Å². The molecule has 2 saturated heterocycles. The fraction of sp³-hybridized carbons (Fsp3) is 0.474. The number of amides is 5. The molecule has 2 fully saturated rings. The molecule has 3 heterocycles. The molecule has 5 amide bonds. The van der Waals surface area contributed by atoms with E-state index in [1.54, 1.807) is 23.1 Å². The second-order valence-electron chi connectivity index (χ2n) is 7.44. The summed E-state index contributed by atoms with van der Waals surface area (Å²) in [7, 11) is 0. The fourth-order valence-electron chi connectivity index (χ4n) is 3.99. The summed E-state index contributed by atoms with van der Waals surface area (Å²) in [5, 5.41) is 14.8. The molecule has 0 aromatic heterocycles. The van der Waals surface area contributed by atoms with Gasteiger partial charge >= 0.3 is 6.03 Å². The molecule has 3 aliphatic heterocycles. The van der Waals surface area contributed by atoms with Crippen molar-refractivity contribution < 1.29 is 24.3 Å². The molecule has 0 saturated carbocycles. The number of carbonyl (C=O) groups excluding carboxylic acids is 4. The summed E-state index contributed by atoms with van der Waals surface area (Å²) in [5.74, 6) is -1.02. The number of hydrogen-bond acceptors (Lipinski definition) is 5. The van der Waals surface area contributed by atoms with Crippen LogP contribution in [0.15, 0.2) is 18.2 Å². The lowest BCUT2D eigenvalue weighted by Crippen LogP contribution is -2.52. The molecule has 0 radical (unpaired) electrons. The standard InChI is InChI=1S/C19H22N4O5/c24-13-2-1-7-22(10-13)19(28)20-12-3-4-14-11(8-12)9-23(18(14)27)15-5-6-16(25)21-17(15)26/h3-4,8,13,15,24H,1-2,5-7,9-10H2,(H,20,28)(H,21,25,26). The van der Waals surface area contributed by atoms with Crippen molar-refractivity contribution in [3.63, 3.8) is 0 Å². The van der Waals surface area contributed by atoms with E-state index in [2.05, 4.69) is 10.6 Å². The highest BCUT2D eigenvalue weighted by atomic mass is 16.3. The quantitative estimate of drug-likeness (QED) is 0.637. The number of β-amino-alcohol motifs (C(OH)–C–C–N with tert-alkyl or cyclic N) is 1. The van der Waals surface area contributed by atoms with Gasteiger partial charge in [-0.1, -0.05) is 0 Å². The van der Waals surface area contributed by atoms with Crippen LogP contribution in [0.3, 0.4) is 0 Å². The molecule has 3 aliphatic rings. The number of urea groups is 1. The van der Waals surface area contributed by atoms with Crippen molar-refractivity contribution in [2.24, 2.45) is 0 Å². The average molecular weight is 386 g/mol. The molecule has 1 aromatic carbocycles. The van der Waals surface area contributed by atoms with Crippen molar-refractivity contribution >= 4 is 29.4 Å². The van der Waals surface area contributed by atoms with Gasteiger partial charge in [-0.3, -0.25) is 19.7 Å². The first-order chi connectivity index (χ1) is 13.4. The molecule has 2 unspecified atom stereocenters. The molecule has 0 bridgehead atoms. The third-order valence-corrected chi connectivity index (χ3v) is 5.46. The van der Waals surface area contributed by atoms with Crippen LogP contribution in [0.5, 0.6) is 0 Å². The Morgan fingerprint density at radius 3 is 2.79 bits per heavy atom. The molecular formula is C19H22N4O5. The third-order valence-electron chi connectivity index (χ3n) is 5.46. The molecule has 0 aliphatic carbocycles. The highest BCUT2D eigenvalue weighted by Gasteiger charge is 2.39. The Kier molecular flexibility index (Phi) is 4.76. The normalized spacial score (nSPS) is 24.8. The van der Waals surface area contributed by atoms with Gasteiger partial charge in [0, 0.05) is 37.3 Å². The summed E-state index contributed by atoms with van der Waals surface area (Å²) in [5.41, 5.74) is 1.78. The maximum Gasteiger partial charge on any atom is 0.321 e. The van der Waals surface area contributed by atoms with Crippen molar-refractivity contribution in [1.29, 1.82) is 0 Å². The molecule has 2 atom stereocenters. The van der Waals surface area contributed by atoms with Gasteiger partial charge in [0.05, 0.1) is 6.10 Å². The molecule has 9 nitrogen and oxygen atoms in total. The topological polar surface area (TPSA) is 119 Å². The summed E-state index contributed by atoms with van der Waals surface area (Å²) < 4.78 is 0. The van der Waals surface area contributed by atoms with Gasteiger partial charge in [0.1, 0.15) is 6.04 Å². The number of likely N-dealkylation sites (tertiary alicyclic amines) is 1. The van der Waals surface area contributed by atoms with Gasteiger partial charge in [0.25, 0.3) is 5.91 Å². The Bertz CT molecular complexity index is 855. The molecule has 148 valence electrons. The lowest BCUT2D eigenvalue weighted by atomic mass is 10.0. The van der Waals surface area contributed by atoms with Crippen LogP contribution in [0, 0.1) is 0 Å². The summed E-state index contributed by atoms with van der Waals surface area (Å²) in [6, 6.07) is 4.08. The number of aliphatic hydroxyl groups excluding tert-OH is 1. The van der Waals surface area contributed by atoms with Crippen molar-refractivity contribution in [2.75, 3.05) is 18.4 Å². The Labute approximate surface area is 161 Å². The zero-order valence-electron chi connectivity index (χ0n) is 15.3. The minimum Gasteiger partial charge on any atom is -0.391 e. The fourth-order valence-corrected chi connectivity index (χ4v) is 3.99. The lowest BCUT2D eigenvalue weighted by molar-refractivity contribution is -0.136. The predicted molar refractivity (Wildman–Crippen MR) is 98.3 cm³/mol. The van der Waals surface area contributed by atoms with E-state index in [4.69, 9.17) is 0 Å². The Balaban J connectivity index is 1.46. The maximum absolute atomic E-state index is 12.7. The second-order valence-corrected chi connectivity index (χ2v) is 7.44. The Morgan fingerprint density at radius 1 is 1.21 bits per heavy atom. The predicted octanol–water partition coefficient (Wildman–Crippen LogP) is 0.436.